The van der Waals surface area contributed by atoms with Crippen LogP contribution < -0.4 is 11.1 Å². The van der Waals surface area contributed by atoms with Gasteiger partial charge in [0.1, 0.15) is 0 Å². The first-order chi connectivity index (χ1) is 11.8. The van der Waals surface area contributed by atoms with E-state index in [4.69, 9.17) is 5.73 Å². The lowest BCUT2D eigenvalue weighted by molar-refractivity contribution is -0.134. The molecule has 3 N–H and O–H groups in total. The van der Waals surface area contributed by atoms with Crippen molar-refractivity contribution in [3.8, 4) is 0 Å². The fraction of sp³-hybridized carbons (Fsp3) is 0.600. The van der Waals surface area contributed by atoms with Crippen LogP contribution in [-0.4, -0.2) is 42.4 Å². The van der Waals surface area contributed by atoms with E-state index in [1.165, 1.54) is 5.56 Å². The number of rotatable bonds is 5. The maximum Gasteiger partial charge on any atom is 0.251 e. The third kappa shape index (κ3) is 5.30. The molecule has 0 bridgehead atoms. The summed E-state index contributed by atoms with van der Waals surface area (Å²) in [4.78, 5) is 26.5. The number of nitrogens with two attached hydrogens (primary N) is 1. The number of amides is 2. The highest BCUT2D eigenvalue weighted by atomic mass is 16.2. The number of hydrogen-bond donors (Lipinski definition) is 2. The molecule has 5 nitrogen and oxygen atoms in total. The standard InChI is InChI=1S/C20H31N3O2/c1-20(2,3)16-9-7-15(8-10-16)19(25)22-12-11-18(24)23-13-5-4-6-17(23)14-21/h7-10,17H,4-6,11-14,21H2,1-3H3,(H,22,25). The van der Waals surface area contributed by atoms with Crippen LogP contribution in [-0.2, 0) is 10.2 Å². The SMILES string of the molecule is CC(C)(C)c1ccc(C(=O)NCCC(=O)N2CCCCC2CN)cc1. The van der Waals surface area contributed by atoms with E-state index in [0.717, 1.165) is 25.8 Å². The zero-order chi connectivity index (χ0) is 18.4. The van der Waals surface area contributed by atoms with Crippen molar-refractivity contribution in [1.29, 1.82) is 0 Å². The topological polar surface area (TPSA) is 75.4 Å². The Kier molecular flexibility index (Phi) is 6.59. The van der Waals surface area contributed by atoms with E-state index in [1.807, 2.05) is 29.2 Å². The number of benzene rings is 1. The second-order valence-electron chi connectivity index (χ2n) is 7.81. The summed E-state index contributed by atoms with van der Waals surface area (Å²) in [6, 6.07) is 7.81. The molecule has 1 aliphatic heterocycles. The molecule has 1 heterocycles. The highest BCUT2D eigenvalue weighted by molar-refractivity contribution is 5.94. The van der Waals surface area contributed by atoms with Gasteiger partial charge in [0, 0.05) is 37.7 Å². The summed E-state index contributed by atoms with van der Waals surface area (Å²) in [5, 5.41) is 2.84. The fourth-order valence-electron chi connectivity index (χ4n) is 3.22. The van der Waals surface area contributed by atoms with Crippen LogP contribution in [0.5, 0.6) is 0 Å². The molecule has 25 heavy (non-hydrogen) atoms. The van der Waals surface area contributed by atoms with Gasteiger partial charge in [0.25, 0.3) is 5.91 Å². The minimum absolute atomic E-state index is 0.0649. The summed E-state index contributed by atoms with van der Waals surface area (Å²) in [6.45, 7) is 8.07. The molecular formula is C20H31N3O2. The van der Waals surface area contributed by atoms with Gasteiger partial charge in [0.05, 0.1) is 0 Å². The molecule has 1 atom stereocenters. The van der Waals surface area contributed by atoms with Crippen molar-refractivity contribution in [2.45, 2.75) is 57.9 Å². The molecule has 1 fully saturated rings. The molecule has 0 aliphatic carbocycles. The van der Waals surface area contributed by atoms with Gasteiger partial charge in [0.15, 0.2) is 0 Å². The quantitative estimate of drug-likeness (QED) is 0.861. The molecule has 0 spiro atoms. The van der Waals surface area contributed by atoms with Crippen LogP contribution in [0.25, 0.3) is 0 Å². The maximum atomic E-state index is 12.4. The molecule has 1 aromatic carbocycles. The number of carbonyl (C=O) groups excluding carboxylic acids is 2. The van der Waals surface area contributed by atoms with Gasteiger partial charge >= 0.3 is 0 Å². The minimum Gasteiger partial charge on any atom is -0.352 e. The van der Waals surface area contributed by atoms with Crippen LogP contribution in [0.3, 0.4) is 0 Å². The first-order valence-electron chi connectivity index (χ1n) is 9.21. The van der Waals surface area contributed by atoms with Crippen LogP contribution in [0.4, 0.5) is 0 Å². The summed E-state index contributed by atoms with van der Waals surface area (Å²) in [5.41, 5.74) is 7.64. The first kappa shape index (κ1) is 19.4. The average molecular weight is 345 g/mol. The van der Waals surface area contributed by atoms with Gasteiger partial charge in [-0.25, -0.2) is 0 Å². The number of hydrogen-bond acceptors (Lipinski definition) is 3. The van der Waals surface area contributed by atoms with Crippen molar-refractivity contribution in [3.05, 3.63) is 35.4 Å². The summed E-state index contributed by atoms with van der Waals surface area (Å²) in [5.74, 6) is -0.0548. The second-order valence-corrected chi connectivity index (χ2v) is 7.81. The van der Waals surface area contributed by atoms with E-state index in [-0.39, 0.29) is 23.3 Å². The van der Waals surface area contributed by atoms with Crippen LogP contribution in [0.1, 0.15) is 62.4 Å². The summed E-state index contributed by atoms with van der Waals surface area (Å²) >= 11 is 0. The van der Waals surface area contributed by atoms with Crippen molar-refractivity contribution < 1.29 is 9.59 Å². The van der Waals surface area contributed by atoms with E-state index < -0.39 is 0 Å². The molecule has 1 unspecified atom stereocenters. The Balaban J connectivity index is 1.82. The summed E-state index contributed by atoms with van der Waals surface area (Å²) in [6.07, 6.45) is 3.47. The molecule has 1 aliphatic rings. The number of nitrogens with one attached hydrogen (secondary N) is 1. The molecule has 0 saturated carbocycles. The first-order valence-corrected chi connectivity index (χ1v) is 9.21. The van der Waals surface area contributed by atoms with Crippen molar-refractivity contribution >= 4 is 11.8 Å². The van der Waals surface area contributed by atoms with Gasteiger partial charge in [-0.05, 0) is 42.4 Å². The average Bonchev–Trinajstić information content (AvgIpc) is 2.60. The van der Waals surface area contributed by atoms with Gasteiger partial charge in [0.2, 0.25) is 5.91 Å². The number of piperidine rings is 1. The molecule has 1 aromatic rings. The maximum absolute atomic E-state index is 12.4. The summed E-state index contributed by atoms with van der Waals surface area (Å²) in [7, 11) is 0. The molecule has 0 aromatic heterocycles. The van der Waals surface area contributed by atoms with E-state index in [0.29, 0.717) is 25.1 Å². The number of nitrogens with zero attached hydrogens (tertiary/aromatic N) is 1. The zero-order valence-electron chi connectivity index (χ0n) is 15.7. The Morgan fingerprint density at radius 3 is 2.48 bits per heavy atom. The third-order valence-electron chi connectivity index (χ3n) is 4.86. The monoisotopic (exact) mass is 345 g/mol. The summed E-state index contributed by atoms with van der Waals surface area (Å²) < 4.78 is 0. The Morgan fingerprint density at radius 2 is 1.88 bits per heavy atom. The predicted octanol–water partition coefficient (Wildman–Crippen LogP) is 2.44. The highest BCUT2D eigenvalue weighted by Crippen LogP contribution is 2.22. The number of carbonyl (C=O) groups is 2. The molecule has 2 amide bonds. The fourth-order valence-corrected chi connectivity index (χ4v) is 3.22. The van der Waals surface area contributed by atoms with Gasteiger partial charge in [-0.2, -0.15) is 0 Å². The highest BCUT2D eigenvalue weighted by Gasteiger charge is 2.25. The Hall–Kier alpha value is -1.88. The van der Waals surface area contributed by atoms with Gasteiger partial charge in [-0.15, -0.1) is 0 Å². The van der Waals surface area contributed by atoms with E-state index in [1.54, 1.807) is 0 Å². The van der Waals surface area contributed by atoms with Crippen LogP contribution in [0.2, 0.25) is 0 Å². The lowest BCUT2D eigenvalue weighted by Gasteiger charge is -2.35. The number of likely N-dealkylation sites (tertiary alicyclic amines) is 1. The zero-order valence-corrected chi connectivity index (χ0v) is 15.7. The van der Waals surface area contributed by atoms with Crippen LogP contribution in [0, 0.1) is 0 Å². The van der Waals surface area contributed by atoms with Gasteiger partial charge < -0.3 is 16.0 Å². The smallest absolute Gasteiger partial charge is 0.251 e. The molecule has 1 saturated heterocycles. The molecule has 2 rings (SSSR count). The van der Waals surface area contributed by atoms with E-state index in [9.17, 15) is 9.59 Å². The normalized spacial score (nSPS) is 18.1. The third-order valence-corrected chi connectivity index (χ3v) is 4.86. The van der Waals surface area contributed by atoms with Gasteiger partial charge in [-0.3, -0.25) is 9.59 Å². The van der Waals surface area contributed by atoms with E-state index in [2.05, 4.69) is 26.1 Å². The van der Waals surface area contributed by atoms with Crippen molar-refractivity contribution in [2.75, 3.05) is 19.6 Å². The van der Waals surface area contributed by atoms with Gasteiger partial charge in [-0.1, -0.05) is 32.9 Å². The minimum atomic E-state index is -0.137. The van der Waals surface area contributed by atoms with Crippen molar-refractivity contribution in [1.82, 2.24) is 10.2 Å². The van der Waals surface area contributed by atoms with E-state index >= 15 is 0 Å². The van der Waals surface area contributed by atoms with Crippen LogP contribution >= 0.6 is 0 Å². The molecular weight excluding hydrogens is 314 g/mol. The van der Waals surface area contributed by atoms with Crippen molar-refractivity contribution in [3.63, 3.8) is 0 Å². The Labute approximate surface area is 151 Å². The lowest BCUT2D eigenvalue weighted by Crippen LogP contribution is -2.48. The lowest BCUT2D eigenvalue weighted by atomic mass is 9.87. The molecule has 138 valence electrons. The molecule has 5 heteroatoms. The predicted molar refractivity (Wildman–Crippen MR) is 100 cm³/mol. The van der Waals surface area contributed by atoms with Crippen LogP contribution in [0.15, 0.2) is 24.3 Å². The van der Waals surface area contributed by atoms with Crippen molar-refractivity contribution in [2.24, 2.45) is 5.73 Å². The second kappa shape index (κ2) is 8.48. The Morgan fingerprint density at radius 1 is 1.20 bits per heavy atom. The largest absolute Gasteiger partial charge is 0.352 e. The Bertz CT molecular complexity index is 590. The molecule has 0 radical (unpaired) electrons.